The minimum Gasteiger partial charge on any atom is -0.478 e. The summed E-state index contributed by atoms with van der Waals surface area (Å²) in [6.45, 7) is 1.33. The summed E-state index contributed by atoms with van der Waals surface area (Å²) in [5.41, 5.74) is 0.417. The van der Waals surface area contributed by atoms with E-state index in [1.54, 1.807) is 18.2 Å². The predicted octanol–water partition coefficient (Wildman–Crippen LogP) is 0.962. The molecule has 5 heteroatoms. The van der Waals surface area contributed by atoms with Gasteiger partial charge in [0.05, 0.1) is 11.3 Å². The van der Waals surface area contributed by atoms with Crippen LogP contribution in [0.4, 0.5) is 5.69 Å². The smallest absolute Gasteiger partial charge is 0.337 e. The van der Waals surface area contributed by atoms with Crippen LogP contribution in [-0.4, -0.2) is 44.3 Å². The summed E-state index contributed by atoms with van der Waals surface area (Å²) in [4.78, 5) is 21.3. The Hall–Kier alpha value is -0.918. The van der Waals surface area contributed by atoms with Gasteiger partial charge >= 0.3 is 5.97 Å². The van der Waals surface area contributed by atoms with Gasteiger partial charge in [0.2, 0.25) is 5.91 Å². The number of carboxylic acids is 1. The molecule has 1 rings (SSSR count). The van der Waals surface area contributed by atoms with Crippen LogP contribution in [0, 0.1) is 0 Å². The fourth-order valence-electron chi connectivity index (χ4n) is 0.968. The normalized spacial score (nSPS) is 8.64. The van der Waals surface area contributed by atoms with Crippen LogP contribution in [0.25, 0.3) is 0 Å². The Balaban J connectivity index is 0.00000169. The molecule has 4 radical (unpaired) electrons. The molecule has 14 heavy (non-hydrogen) atoms. The summed E-state index contributed by atoms with van der Waals surface area (Å²) in [5.74, 6) is -1.34. The molecule has 0 spiro atoms. The fourth-order valence-corrected chi connectivity index (χ4v) is 0.968. The van der Waals surface area contributed by atoms with Crippen molar-refractivity contribution in [1.29, 1.82) is 0 Å². The predicted molar refractivity (Wildman–Crippen MR) is 53.5 cm³/mol. The van der Waals surface area contributed by atoms with Crippen molar-refractivity contribution in [1.82, 2.24) is 0 Å². The molecule has 0 aliphatic heterocycles. The molecule has 0 aromatic heterocycles. The van der Waals surface area contributed by atoms with E-state index in [1.165, 1.54) is 13.0 Å². The van der Waals surface area contributed by atoms with Crippen molar-refractivity contribution in [2.45, 2.75) is 6.92 Å². The zero-order valence-electron chi connectivity index (χ0n) is 7.57. The number of hydrogen-bond donors (Lipinski definition) is 2. The maximum atomic E-state index is 10.7. The molecule has 72 valence electrons. The number of carbonyl (C=O) groups excluding carboxylic acids is 1. The topological polar surface area (TPSA) is 66.4 Å². The standard InChI is InChI=1S/C9H9NO3.Pb/c1-6(11)10-8-5-3-2-4-7(8)9(12)13;/h2-5H,1H3,(H,10,11)(H,12,13);. The maximum Gasteiger partial charge on any atom is 0.337 e. The van der Waals surface area contributed by atoms with Crippen molar-refractivity contribution in [3.05, 3.63) is 29.8 Å². The zero-order valence-corrected chi connectivity index (χ0v) is 11.5. The first-order valence-electron chi connectivity index (χ1n) is 3.71. The van der Waals surface area contributed by atoms with Crippen molar-refractivity contribution in [3.63, 3.8) is 0 Å². The molecule has 0 aliphatic carbocycles. The first-order valence-corrected chi connectivity index (χ1v) is 3.71. The zero-order chi connectivity index (χ0) is 9.84. The van der Waals surface area contributed by atoms with E-state index >= 15 is 0 Å². The Kier molecular flexibility index (Phi) is 5.36. The van der Waals surface area contributed by atoms with E-state index in [4.69, 9.17) is 5.11 Å². The molecule has 2 N–H and O–H groups in total. The Morgan fingerprint density at radius 2 is 1.86 bits per heavy atom. The van der Waals surface area contributed by atoms with Crippen molar-refractivity contribution in [2.75, 3.05) is 5.32 Å². The molecule has 1 aromatic rings. The number of carbonyl (C=O) groups is 2. The number of anilines is 1. The van der Waals surface area contributed by atoms with Crippen molar-refractivity contribution >= 4 is 44.9 Å². The summed E-state index contributed by atoms with van der Waals surface area (Å²) in [5, 5.41) is 11.2. The van der Waals surface area contributed by atoms with Crippen molar-refractivity contribution < 1.29 is 14.7 Å². The van der Waals surface area contributed by atoms with Crippen molar-refractivity contribution in [3.8, 4) is 0 Å². The molecular weight excluding hydrogens is 377 g/mol. The second kappa shape index (κ2) is 5.74. The monoisotopic (exact) mass is 387 g/mol. The van der Waals surface area contributed by atoms with E-state index in [1.807, 2.05) is 0 Å². The molecule has 0 saturated carbocycles. The van der Waals surface area contributed by atoms with Gasteiger partial charge in [0.15, 0.2) is 0 Å². The van der Waals surface area contributed by atoms with Gasteiger partial charge in [0.1, 0.15) is 0 Å². The number of benzene rings is 1. The number of carboxylic acid groups (broad SMARTS) is 1. The van der Waals surface area contributed by atoms with Crippen LogP contribution in [-0.2, 0) is 4.79 Å². The third-order valence-corrected chi connectivity index (χ3v) is 1.47. The minimum atomic E-state index is -1.05. The molecule has 1 amide bonds. The fraction of sp³-hybridized carbons (Fsp3) is 0.111. The van der Waals surface area contributed by atoms with Gasteiger partial charge in [0, 0.05) is 34.2 Å². The van der Waals surface area contributed by atoms with Gasteiger partial charge in [-0.2, -0.15) is 0 Å². The van der Waals surface area contributed by atoms with Gasteiger partial charge in [-0.05, 0) is 12.1 Å². The Morgan fingerprint density at radius 1 is 1.29 bits per heavy atom. The van der Waals surface area contributed by atoms with Gasteiger partial charge in [-0.25, -0.2) is 4.79 Å². The second-order valence-corrected chi connectivity index (χ2v) is 2.53. The molecule has 4 nitrogen and oxygen atoms in total. The number of para-hydroxylation sites is 1. The number of nitrogens with one attached hydrogen (secondary N) is 1. The van der Waals surface area contributed by atoms with E-state index in [2.05, 4.69) is 5.32 Å². The number of amides is 1. The molecule has 0 atom stereocenters. The molecule has 0 fully saturated rings. The quantitative estimate of drug-likeness (QED) is 0.745. The minimum absolute atomic E-state index is 0. The van der Waals surface area contributed by atoms with E-state index in [0.717, 1.165) is 0 Å². The van der Waals surface area contributed by atoms with E-state index in [9.17, 15) is 9.59 Å². The van der Waals surface area contributed by atoms with Gasteiger partial charge in [-0.3, -0.25) is 4.79 Å². The summed E-state index contributed by atoms with van der Waals surface area (Å²) >= 11 is 0. The molecule has 0 unspecified atom stereocenters. The summed E-state index contributed by atoms with van der Waals surface area (Å²) < 4.78 is 0. The average molecular weight is 386 g/mol. The Morgan fingerprint density at radius 3 is 2.36 bits per heavy atom. The van der Waals surface area contributed by atoms with Gasteiger partial charge in [0.25, 0.3) is 0 Å². The first kappa shape index (κ1) is 13.1. The summed E-state index contributed by atoms with van der Waals surface area (Å²) in [6, 6.07) is 6.25. The van der Waals surface area contributed by atoms with Crippen LogP contribution in [0.1, 0.15) is 17.3 Å². The molecule has 0 aliphatic rings. The van der Waals surface area contributed by atoms with E-state index in [0.29, 0.717) is 5.69 Å². The third-order valence-electron chi connectivity index (χ3n) is 1.47. The average Bonchev–Trinajstić information content (AvgIpc) is 2.03. The number of rotatable bonds is 2. The van der Waals surface area contributed by atoms with Crippen LogP contribution in [0.3, 0.4) is 0 Å². The van der Waals surface area contributed by atoms with Gasteiger partial charge in [-0.15, -0.1) is 0 Å². The van der Waals surface area contributed by atoms with Gasteiger partial charge in [-0.1, -0.05) is 12.1 Å². The van der Waals surface area contributed by atoms with Crippen LogP contribution in [0.15, 0.2) is 24.3 Å². The van der Waals surface area contributed by atoms with Crippen LogP contribution < -0.4 is 5.32 Å². The molecule has 0 saturated heterocycles. The number of aromatic carboxylic acids is 1. The Labute approximate surface area is 101 Å². The van der Waals surface area contributed by atoms with Crippen molar-refractivity contribution in [2.24, 2.45) is 0 Å². The molecule has 1 aromatic carbocycles. The van der Waals surface area contributed by atoms with Crippen LogP contribution in [0.5, 0.6) is 0 Å². The molecular formula is C9H9NO3Pb. The van der Waals surface area contributed by atoms with E-state index < -0.39 is 5.97 Å². The molecule has 0 bridgehead atoms. The number of hydrogen-bond acceptors (Lipinski definition) is 2. The molecule has 0 heterocycles. The Bertz CT molecular complexity index is 352. The summed E-state index contributed by atoms with van der Waals surface area (Å²) in [6.07, 6.45) is 0. The first-order chi connectivity index (χ1) is 6.11. The van der Waals surface area contributed by atoms with Crippen LogP contribution >= 0.6 is 0 Å². The summed E-state index contributed by atoms with van der Waals surface area (Å²) in [7, 11) is 0. The van der Waals surface area contributed by atoms with Gasteiger partial charge < -0.3 is 10.4 Å². The SMILES string of the molecule is CC(=O)Nc1ccccc1C(=O)O.[Pb]. The largest absolute Gasteiger partial charge is 0.478 e. The maximum absolute atomic E-state index is 10.7. The van der Waals surface area contributed by atoms with Crippen LogP contribution in [0.2, 0.25) is 0 Å². The van der Waals surface area contributed by atoms with E-state index in [-0.39, 0.29) is 38.8 Å². The second-order valence-electron chi connectivity index (χ2n) is 2.53. The third kappa shape index (κ3) is 3.45.